The van der Waals surface area contributed by atoms with Crippen LogP contribution in [0.1, 0.15) is 96.0 Å². The standard InChI is InChI=1S/C22H35IO2/c1-3-4-5-6-7-8-9-10-11-12-13-18(2)21(22(24)25)19-14-16-20(23)17-15-19/h14-18,21H,3-13H2,1-2H3,(H,24,25). The molecule has 0 aliphatic heterocycles. The molecule has 1 aromatic rings. The number of carbonyl (C=O) groups is 1. The number of hydrogen-bond donors (Lipinski definition) is 1. The molecule has 0 saturated heterocycles. The highest BCUT2D eigenvalue weighted by Crippen LogP contribution is 2.29. The second kappa shape index (κ2) is 13.6. The number of aliphatic carboxylic acids is 1. The van der Waals surface area contributed by atoms with Crippen molar-refractivity contribution in [2.24, 2.45) is 5.92 Å². The Morgan fingerprint density at radius 3 is 1.88 bits per heavy atom. The molecular formula is C22H35IO2. The Kier molecular flexibility index (Phi) is 12.2. The summed E-state index contributed by atoms with van der Waals surface area (Å²) >= 11 is 2.25. The minimum atomic E-state index is -0.694. The zero-order chi connectivity index (χ0) is 18.5. The van der Waals surface area contributed by atoms with Crippen LogP contribution in [0.4, 0.5) is 0 Å². The van der Waals surface area contributed by atoms with Gasteiger partial charge in [0.05, 0.1) is 5.92 Å². The van der Waals surface area contributed by atoms with Gasteiger partial charge in [0.15, 0.2) is 0 Å². The SMILES string of the molecule is CCCCCCCCCCCCC(C)C(C(=O)O)c1ccc(I)cc1. The molecule has 0 aromatic heterocycles. The van der Waals surface area contributed by atoms with E-state index in [9.17, 15) is 9.90 Å². The number of unbranched alkanes of at least 4 members (excludes halogenated alkanes) is 9. The molecule has 142 valence electrons. The summed E-state index contributed by atoms with van der Waals surface area (Å²) in [6.45, 7) is 4.35. The summed E-state index contributed by atoms with van der Waals surface area (Å²) in [6.07, 6.45) is 14.2. The van der Waals surface area contributed by atoms with Gasteiger partial charge in [0.1, 0.15) is 0 Å². The highest BCUT2D eigenvalue weighted by molar-refractivity contribution is 14.1. The molecule has 0 saturated carbocycles. The van der Waals surface area contributed by atoms with Crippen molar-refractivity contribution in [2.45, 2.75) is 90.4 Å². The van der Waals surface area contributed by atoms with Crippen molar-refractivity contribution in [3.8, 4) is 0 Å². The van der Waals surface area contributed by atoms with Crippen molar-refractivity contribution in [1.82, 2.24) is 0 Å². The lowest BCUT2D eigenvalue weighted by Crippen LogP contribution is -2.19. The van der Waals surface area contributed by atoms with Gasteiger partial charge in [-0.15, -0.1) is 0 Å². The first-order chi connectivity index (χ1) is 12.1. The van der Waals surface area contributed by atoms with Gasteiger partial charge in [-0.2, -0.15) is 0 Å². The largest absolute Gasteiger partial charge is 0.481 e. The van der Waals surface area contributed by atoms with E-state index in [0.29, 0.717) is 0 Å². The molecule has 0 aliphatic carbocycles. The van der Waals surface area contributed by atoms with Gasteiger partial charge in [0.2, 0.25) is 0 Å². The molecule has 0 heterocycles. The molecule has 0 fully saturated rings. The quantitative estimate of drug-likeness (QED) is 0.233. The molecule has 0 aliphatic rings. The van der Waals surface area contributed by atoms with Crippen molar-refractivity contribution in [1.29, 1.82) is 0 Å². The highest BCUT2D eigenvalue weighted by atomic mass is 127. The van der Waals surface area contributed by atoms with Crippen molar-refractivity contribution in [3.05, 3.63) is 33.4 Å². The maximum atomic E-state index is 11.7. The number of carboxylic acid groups (broad SMARTS) is 1. The molecular weight excluding hydrogens is 423 g/mol. The van der Waals surface area contributed by atoms with Crippen LogP contribution < -0.4 is 0 Å². The predicted molar refractivity (Wildman–Crippen MR) is 115 cm³/mol. The Morgan fingerprint density at radius 2 is 1.40 bits per heavy atom. The lowest BCUT2D eigenvalue weighted by atomic mass is 9.84. The van der Waals surface area contributed by atoms with Crippen molar-refractivity contribution >= 4 is 28.6 Å². The first-order valence-corrected chi connectivity index (χ1v) is 11.1. The van der Waals surface area contributed by atoms with Crippen LogP contribution in [0.2, 0.25) is 0 Å². The lowest BCUT2D eigenvalue weighted by Gasteiger charge is -2.20. The normalized spacial score (nSPS) is 13.6. The van der Waals surface area contributed by atoms with Crippen LogP contribution in [0, 0.1) is 9.49 Å². The molecule has 0 bridgehead atoms. The van der Waals surface area contributed by atoms with Gasteiger partial charge in [0, 0.05) is 3.57 Å². The predicted octanol–water partition coefficient (Wildman–Crippen LogP) is 7.41. The van der Waals surface area contributed by atoms with Gasteiger partial charge in [0.25, 0.3) is 0 Å². The third kappa shape index (κ3) is 9.62. The van der Waals surface area contributed by atoms with E-state index in [4.69, 9.17) is 0 Å². The number of benzene rings is 1. The van der Waals surface area contributed by atoms with Crippen molar-refractivity contribution in [2.75, 3.05) is 0 Å². The van der Waals surface area contributed by atoms with Gasteiger partial charge >= 0.3 is 5.97 Å². The Bertz CT molecular complexity index is 469. The third-order valence-electron chi connectivity index (χ3n) is 5.08. The maximum absolute atomic E-state index is 11.7. The van der Waals surface area contributed by atoms with E-state index in [1.54, 1.807) is 0 Å². The molecule has 1 N–H and O–H groups in total. The average molecular weight is 458 g/mol. The van der Waals surface area contributed by atoms with Crippen LogP contribution in [0.15, 0.2) is 24.3 Å². The minimum absolute atomic E-state index is 0.187. The number of rotatable bonds is 14. The van der Waals surface area contributed by atoms with E-state index in [-0.39, 0.29) is 11.8 Å². The topological polar surface area (TPSA) is 37.3 Å². The third-order valence-corrected chi connectivity index (χ3v) is 5.80. The number of halogens is 1. The Hall–Kier alpha value is -0.580. The zero-order valence-electron chi connectivity index (χ0n) is 16.0. The van der Waals surface area contributed by atoms with Crippen LogP contribution in [0.3, 0.4) is 0 Å². The van der Waals surface area contributed by atoms with E-state index >= 15 is 0 Å². The zero-order valence-corrected chi connectivity index (χ0v) is 18.1. The van der Waals surface area contributed by atoms with Crippen LogP contribution in [-0.4, -0.2) is 11.1 Å². The first kappa shape index (κ1) is 22.5. The van der Waals surface area contributed by atoms with Gasteiger partial charge in [-0.1, -0.05) is 90.2 Å². The molecule has 3 heteroatoms. The lowest BCUT2D eigenvalue weighted by molar-refractivity contribution is -0.140. The molecule has 25 heavy (non-hydrogen) atoms. The van der Waals surface area contributed by atoms with Gasteiger partial charge in [-0.05, 0) is 52.6 Å². The minimum Gasteiger partial charge on any atom is -0.481 e. The van der Waals surface area contributed by atoms with Crippen LogP contribution in [0.5, 0.6) is 0 Å². The monoisotopic (exact) mass is 458 g/mol. The molecule has 0 amide bonds. The number of carboxylic acids is 1. The average Bonchev–Trinajstić information content (AvgIpc) is 2.58. The van der Waals surface area contributed by atoms with Gasteiger partial charge < -0.3 is 5.11 Å². The fourth-order valence-corrected chi connectivity index (χ4v) is 3.86. The smallest absolute Gasteiger partial charge is 0.311 e. The first-order valence-electron chi connectivity index (χ1n) is 10.0. The fraction of sp³-hybridized carbons (Fsp3) is 0.682. The van der Waals surface area contributed by atoms with E-state index in [1.807, 2.05) is 24.3 Å². The van der Waals surface area contributed by atoms with E-state index in [2.05, 4.69) is 36.4 Å². The van der Waals surface area contributed by atoms with E-state index < -0.39 is 5.97 Å². The Balaban J connectivity index is 2.22. The maximum Gasteiger partial charge on any atom is 0.311 e. The fourth-order valence-electron chi connectivity index (χ4n) is 3.51. The summed E-state index contributed by atoms with van der Waals surface area (Å²) in [6, 6.07) is 7.93. The molecule has 2 atom stereocenters. The van der Waals surface area contributed by atoms with Gasteiger partial charge in [-0.3, -0.25) is 4.79 Å². The van der Waals surface area contributed by atoms with Crippen LogP contribution in [-0.2, 0) is 4.79 Å². The molecule has 0 spiro atoms. The molecule has 2 unspecified atom stereocenters. The van der Waals surface area contributed by atoms with E-state index in [0.717, 1.165) is 22.0 Å². The summed E-state index contributed by atoms with van der Waals surface area (Å²) in [7, 11) is 0. The Labute approximate surface area is 167 Å². The summed E-state index contributed by atoms with van der Waals surface area (Å²) in [5.41, 5.74) is 0.937. The van der Waals surface area contributed by atoms with E-state index in [1.165, 1.54) is 57.8 Å². The van der Waals surface area contributed by atoms with Crippen molar-refractivity contribution < 1.29 is 9.90 Å². The molecule has 1 aromatic carbocycles. The summed E-state index contributed by atoms with van der Waals surface area (Å²) in [5.74, 6) is -0.886. The molecule has 1 rings (SSSR count). The second-order valence-electron chi connectivity index (χ2n) is 7.32. The summed E-state index contributed by atoms with van der Waals surface area (Å²) in [5, 5.41) is 9.63. The number of hydrogen-bond acceptors (Lipinski definition) is 1. The van der Waals surface area contributed by atoms with Crippen LogP contribution in [0.25, 0.3) is 0 Å². The van der Waals surface area contributed by atoms with Crippen LogP contribution >= 0.6 is 22.6 Å². The highest BCUT2D eigenvalue weighted by Gasteiger charge is 2.26. The molecule has 0 radical (unpaired) electrons. The Morgan fingerprint density at radius 1 is 0.920 bits per heavy atom. The summed E-state index contributed by atoms with van der Waals surface area (Å²) < 4.78 is 1.15. The summed E-state index contributed by atoms with van der Waals surface area (Å²) in [4.78, 5) is 11.7. The second-order valence-corrected chi connectivity index (χ2v) is 8.56. The van der Waals surface area contributed by atoms with Crippen molar-refractivity contribution in [3.63, 3.8) is 0 Å². The van der Waals surface area contributed by atoms with Gasteiger partial charge in [-0.25, -0.2) is 0 Å². The molecule has 2 nitrogen and oxygen atoms in total.